The van der Waals surface area contributed by atoms with Crippen molar-refractivity contribution >= 4 is 17.3 Å². The zero-order valence-electron chi connectivity index (χ0n) is 10.4. The maximum Gasteiger partial charge on any atom is 0.138 e. The molecule has 0 bridgehead atoms. The third-order valence-electron chi connectivity index (χ3n) is 2.57. The van der Waals surface area contributed by atoms with Crippen molar-refractivity contribution in [2.45, 2.75) is 13.5 Å². The van der Waals surface area contributed by atoms with E-state index in [1.807, 2.05) is 44.3 Å². The number of hydrogen-bond donors (Lipinski definition) is 1. The summed E-state index contributed by atoms with van der Waals surface area (Å²) in [7, 11) is 1.87. The van der Waals surface area contributed by atoms with Crippen molar-refractivity contribution < 1.29 is 4.74 Å². The summed E-state index contributed by atoms with van der Waals surface area (Å²) in [5.74, 6) is 0.680. The largest absolute Gasteiger partial charge is 0.486 e. The molecule has 0 saturated carbocycles. The minimum absolute atomic E-state index is 0.401. The van der Waals surface area contributed by atoms with Gasteiger partial charge in [0.15, 0.2) is 0 Å². The molecule has 0 fully saturated rings. The molecule has 4 heteroatoms. The second-order valence-electron chi connectivity index (χ2n) is 4.01. The van der Waals surface area contributed by atoms with Gasteiger partial charge in [-0.25, -0.2) is 0 Å². The summed E-state index contributed by atoms with van der Waals surface area (Å²) in [5.41, 5.74) is 2.99. The molecule has 0 aliphatic carbocycles. The quantitative estimate of drug-likeness (QED) is 0.913. The van der Waals surface area contributed by atoms with Crippen LogP contribution in [0.1, 0.15) is 11.3 Å². The number of ether oxygens (including phenoxy) is 1. The van der Waals surface area contributed by atoms with Crippen molar-refractivity contribution in [3.05, 3.63) is 52.8 Å². The average Bonchev–Trinajstić information content (AvgIpc) is 2.38. The van der Waals surface area contributed by atoms with E-state index in [9.17, 15) is 0 Å². The van der Waals surface area contributed by atoms with Crippen LogP contribution in [-0.4, -0.2) is 12.0 Å². The van der Waals surface area contributed by atoms with Gasteiger partial charge in [0.1, 0.15) is 12.4 Å². The Morgan fingerprint density at radius 3 is 2.83 bits per heavy atom. The van der Waals surface area contributed by atoms with E-state index < -0.39 is 0 Å². The van der Waals surface area contributed by atoms with Gasteiger partial charge in [-0.3, -0.25) is 4.98 Å². The molecule has 1 aromatic heterocycles. The lowest BCUT2D eigenvalue weighted by molar-refractivity contribution is 0.301. The maximum absolute atomic E-state index is 6.10. The Hall–Kier alpha value is -1.74. The van der Waals surface area contributed by atoms with Gasteiger partial charge in [-0.05, 0) is 36.8 Å². The number of aryl methyl sites for hydroxylation is 1. The molecule has 3 nitrogen and oxygen atoms in total. The van der Waals surface area contributed by atoms with E-state index in [0.29, 0.717) is 17.4 Å². The van der Waals surface area contributed by atoms with E-state index in [4.69, 9.17) is 16.3 Å². The molecule has 1 N–H and O–H groups in total. The summed E-state index contributed by atoms with van der Waals surface area (Å²) in [4.78, 5) is 4.24. The van der Waals surface area contributed by atoms with E-state index in [0.717, 1.165) is 16.9 Å². The molecular formula is C14H15ClN2O. The molecule has 0 aliphatic heterocycles. The summed E-state index contributed by atoms with van der Waals surface area (Å²) in [6, 6.07) is 9.58. The molecular weight excluding hydrogens is 248 g/mol. The van der Waals surface area contributed by atoms with Crippen LogP contribution < -0.4 is 10.1 Å². The van der Waals surface area contributed by atoms with Crippen molar-refractivity contribution in [3.63, 3.8) is 0 Å². The van der Waals surface area contributed by atoms with E-state index in [1.165, 1.54) is 0 Å². The molecule has 1 heterocycles. The lowest BCUT2D eigenvalue weighted by Gasteiger charge is -2.09. The lowest BCUT2D eigenvalue weighted by atomic mass is 10.2. The van der Waals surface area contributed by atoms with Crippen molar-refractivity contribution in [1.29, 1.82) is 0 Å². The Kier molecular flexibility index (Phi) is 4.05. The summed E-state index contributed by atoms with van der Waals surface area (Å²) < 4.78 is 5.66. The van der Waals surface area contributed by atoms with Crippen LogP contribution in [0.15, 0.2) is 36.5 Å². The van der Waals surface area contributed by atoms with Crippen molar-refractivity contribution in [3.8, 4) is 5.75 Å². The van der Waals surface area contributed by atoms with Crippen LogP contribution in [0.2, 0.25) is 5.02 Å². The first-order valence-electron chi connectivity index (χ1n) is 5.70. The number of hydrogen-bond acceptors (Lipinski definition) is 3. The molecule has 1 aromatic carbocycles. The molecule has 0 unspecified atom stereocenters. The van der Waals surface area contributed by atoms with E-state index in [2.05, 4.69) is 10.3 Å². The van der Waals surface area contributed by atoms with E-state index >= 15 is 0 Å². The third kappa shape index (κ3) is 3.14. The molecule has 0 amide bonds. The Bertz CT molecular complexity index is 543. The summed E-state index contributed by atoms with van der Waals surface area (Å²) >= 11 is 6.10. The lowest BCUT2D eigenvalue weighted by Crippen LogP contribution is -2.00. The standard InChI is InChI=1S/C14H15ClN2O/c1-10-3-4-14(13(15)7-10)18-9-12-8-11(16-2)5-6-17-12/h3-8H,9H2,1-2H3,(H,16,17). The minimum Gasteiger partial charge on any atom is -0.486 e. The van der Waals surface area contributed by atoms with Crippen LogP contribution in [0.4, 0.5) is 5.69 Å². The number of pyridine rings is 1. The summed E-state index contributed by atoms with van der Waals surface area (Å²) in [6.45, 7) is 2.39. The van der Waals surface area contributed by atoms with Gasteiger partial charge < -0.3 is 10.1 Å². The molecule has 0 saturated heterocycles. The van der Waals surface area contributed by atoms with Crippen LogP contribution in [0.25, 0.3) is 0 Å². The molecule has 0 atom stereocenters. The van der Waals surface area contributed by atoms with Crippen LogP contribution >= 0.6 is 11.6 Å². The van der Waals surface area contributed by atoms with E-state index in [1.54, 1.807) is 6.20 Å². The Labute approximate surface area is 112 Å². The predicted octanol–water partition coefficient (Wildman–Crippen LogP) is 3.66. The number of nitrogens with one attached hydrogen (secondary N) is 1. The number of benzene rings is 1. The van der Waals surface area contributed by atoms with Gasteiger partial charge in [0.05, 0.1) is 10.7 Å². The second-order valence-corrected chi connectivity index (χ2v) is 4.42. The Morgan fingerprint density at radius 1 is 1.28 bits per heavy atom. The highest BCUT2D eigenvalue weighted by molar-refractivity contribution is 6.32. The Balaban J connectivity index is 2.06. The second kappa shape index (κ2) is 5.74. The monoisotopic (exact) mass is 262 g/mol. The molecule has 2 rings (SSSR count). The maximum atomic E-state index is 6.10. The van der Waals surface area contributed by atoms with E-state index in [-0.39, 0.29) is 0 Å². The number of rotatable bonds is 4. The van der Waals surface area contributed by atoms with Crippen LogP contribution in [0, 0.1) is 6.92 Å². The van der Waals surface area contributed by atoms with Crippen molar-refractivity contribution in [2.24, 2.45) is 0 Å². The van der Waals surface area contributed by atoms with Gasteiger partial charge in [0.25, 0.3) is 0 Å². The number of nitrogens with zero attached hydrogens (tertiary/aromatic N) is 1. The molecule has 94 valence electrons. The first-order chi connectivity index (χ1) is 8.69. The SMILES string of the molecule is CNc1ccnc(COc2ccc(C)cc2Cl)c1. The van der Waals surface area contributed by atoms with Gasteiger partial charge in [-0.15, -0.1) is 0 Å². The van der Waals surface area contributed by atoms with Crippen molar-refractivity contribution in [2.75, 3.05) is 12.4 Å². The Morgan fingerprint density at radius 2 is 2.11 bits per heavy atom. The number of halogens is 1. The van der Waals surface area contributed by atoms with Gasteiger partial charge >= 0.3 is 0 Å². The molecule has 0 spiro atoms. The van der Waals surface area contributed by atoms with Gasteiger partial charge in [-0.2, -0.15) is 0 Å². The minimum atomic E-state index is 0.401. The summed E-state index contributed by atoms with van der Waals surface area (Å²) in [5, 5.41) is 3.69. The molecule has 0 aliphatic rings. The topological polar surface area (TPSA) is 34.2 Å². The number of anilines is 1. The fourth-order valence-electron chi connectivity index (χ4n) is 1.59. The fraction of sp³-hybridized carbons (Fsp3) is 0.214. The zero-order valence-corrected chi connectivity index (χ0v) is 11.2. The molecule has 18 heavy (non-hydrogen) atoms. The normalized spacial score (nSPS) is 10.2. The fourth-order valence-corrected chi connectivity index (χ4v) is 1.88. The van der Waals surface area contributed by atoms with Crippen molar-refractivity contribution in [1.82, 2.24) is 4.98 Å². The van der Waals surface area contributed by atoms with Crippen LogP contribution in [0.3, 0.4) is 0 Å². The summed E-state index contributed by atoms with van der Waals surface area (Å²) in [6.07, 6.45) is 1.75. The van der Waals surface area contributed by atoms with Gasteiger partial charge in [0.2, 0.25) is 0 Å². The molecule has 2 aromatic rings. The van der Waals surface area contributed by atoms with Gasteiger partial charge in [0, 0.05) is 18.9 Å². The first kappa shape index (κ1) is 12.7. The smallest absolute Gasteiger partial charge is 0.138 e. The highest BCUT2D eigenvalue weighted by Gasteiger charge is 2.03. The number of aromatic nitrogens is 1. The predicted molar refractivity (Wildman–Crippen MR) is 74.3 cm³/mol. The van der Waals surface area contributed by atoms with Crippen LogP contribution in [0.5, 0.6) is 5.75 Å². The highest BCUT2D eigenvalue weighted by atomic mass is 35.5. The highest BCUT2D eigenvalue weighted by Crippen LogP contribution is 2.25. The van der Waals surface area contributed by atoms with Gasteiger partial charge in [-0.1, -0.05) is 17.7 Å². The molecule has 0 radical (unpaired) electrons. The third-order valence-corrected chi connectivity index (χ3v) is 2.86. The van der Waals surface area contributed by atoms with Crippen LogP contribution in [-0.2, 0) is 6.61 Å². The zero-order chi connectivity index (χ0) is 13.0. The first-order valence-corrected chi connectivity index (χ1v) is 6.08. The average molecular weight is 263 g/mol.